The first-order valence-electron chi connectivity index (χ1n) is 2.76. The molecule has 0 bridgehead atoms. The van der Waals surface area contributed by atoms with Gasteiger partial charge >= 0.3 is 29.6 Å². The Kier molecular flexibility index (Phi) is 5.16. The quantitative estimate of drug-likeness (QED) is 0.322. The van der Waals surface area contributed by atoms with Gasteiger partial charge in [-0.05, 0) is 17.1 Å². The van der Waals surface area contributed by atoms with Gasteiger partial charge in [-0.15, -0.1) is 0 Å². The van der Waals surface area contributed by atoms with E-state index in [1.165, 1.54) is 0 Å². The zero-order valence-corrected chi connectivity index (χ0v) is 9.33. The van der Waals surface area contributed by atoms with E-state index in [0.717, 1.165) is 0 Å². The summed E-state index contributed by atoms with van der Waals surface area (Å²) in [5, 5.41) is 0. The molecule has 0 saturated carbocycles. The molecule has 1 aromatic rings. The van der Waals surface area contributed by atoms with E-state index in [2.05, 4.69) is 0 Å². The van der Waals surface area contributed by atoms with Gasteiger partial charge in [0.2, 0.25) is 0 Å². The van der Waals surface area contributed by atoms with Gasteiger partial charge in [-0.2, -0.15) is 0 Å². The van der Waals surface area contributed by atoms with Gasteiger partial charge < -0.3 is 4.55 Å². The minimum atomic E-state index is -2.89. The predicted molar refractivity (Wildman–Crippen MR) is 33.5 cm³/mol. The summed E-state index contributed by atoms with van der Waals surface area (Å²) in [6.07, 6.45) is 0. The summed E-state index contributed by atoms with van der Waals surface area (Å²) in [7, 11) is 0. The summed E-state index contributed by atoms with van der Waals surface area (Å²) in [5.41, 5.74) is 0. The number of hydrogen-bond acceptors (Lipinski definition) is 2. The first kappa shape index (κ1) is 13.1. The third-order valence-electron chi connectivity index (χ3n) is 1.15. The van der Waals surface area contributed by atoms with Gasteiger partial charge in [0.1, 0.15) is 5.82 Å². The second-order valence-electron chi connectivity index (χ2n) is 1.93. The van der Waals surface area contributed by atoms with Crippen molar-refractivity contribution in [3.8, 4) is 0 Å². The molecule has 0 saturated heterocycles. The maximum Gasteiger partial charge on any atom is 1.00 e. The summed E-state index contributed by atoms with van der Waals surface area (Å²) in [6.45, 7) is 0. The van der Waals surface area contributed by atoms with Gasteiger partial charge in [0.15, 0.2) is 11.6 Å². The van der Waals surface area contributed by atoms with E-state index < -0.39 is 33.4 Å². The van der Waals surface area contributed by atoms with E-state index in [0.29, 0.717) is 0 Å². The number of halogens is 3. The zero-order chi connectivity index (χ0) is 9.30. The van der Waals surface area contributed by atoms with Crippen LogP contribution in [0.2, 0.25) is 0 Å². The molecular formula is C6H2F3NaO2S. The van der Waals surface area contributed by atoms with E-state index in [-0.39, 0.29) is 41.7 Å². The normalized spacial score (nSPS) is 12.0. The second-order valence-corrected chi connectivity index (χ2v) is 2.84. The van der Waals surface area contributed by atoms with Crippen LogP contribution in [0, 0.1) is 17.5 Å². The van der Waals surface area contributed by atoms with Crippen LogP contribution >= 0.6 is 0 Å². The number of hydrogen-bond donors (Lipinski definition) is 0. The van der Waals surface area contributed by atoms with Gasteiger partial charge in [0.25, 0.3) is 0 Å². The van der Waals surface area contributed by atoms with E-state index in [1.54, 1.807) is 0 Å². The summed E-state index contributed by atoms with van der Waals surface area (Å²) < 4.78 is 57.3. The van der Waals surface area contributed by atoms with Gasteiger partial charge in [0, 0.05) is 6.07 Å². The van der Waals surface area contributed by atoms with E-state index >= 15 is 0 Å². The van der Waals surface area contributed by atoms with Crippen LogP contribution < -0.4 is 29.6 Å². The molecule has 0 N–H and O–H groups in total. The van der Waals surface area contributed by atoms with Gasteiger partial charge in [-0.1, -0.05) is 0 Å². The Morgan fingerprint density at radius 1 is 1.08 bits per heavy atom. The molecule has 0 aromatic heterocycles. The molecule has 13 heavy (non-hydrogen) atoms. The number of rotatable bonds is 1. The van der Waals surface area contributed by atoms with Crippen LogP contribution in [0.5, 0.6) is 0 Å². The Morgan fingerprint density at radius 3 is 2.00 bits per heavy atom. The molecule has 0 aliphatic heterocycles. The standard InChI is InChI=1S/C6H3F3O2S.Na/c7-3-1-5(9)6(12(10)11)2-4(3)8;/h1-2H,(H,10,11);/q;+1/p-1. The molecule has 0 aliphatic rings. The van der Waals surface area contributed by atoms with Crippen molar-refractivity contribution < 1.29 is 51.5 Å². The Morgan fingerprint density at radius 2 is 1.54 bits per heavy atom. The molecule has 2 nitrogen and oxygen atoms in total. The predicted octanol–water partition coefficient (Wildman–Crippen LogP) is -1.65. The summed E-state index contributed by atoms with van der Waals surface area (Å²) >= 11 is -2.89. The molecule has 0 fully saturated rings. The fourth-order valence-electron chi connectivity index (χ4n) is 0.632. The Labute approximate surface area is 96.7 Å². The van der Waals surface area contributed by atoms with Crippen molar-refractivity contribution in [3.63, 3.8) is 0 Å². The molecule has 0 radical (unpaired) electrons. The van der Waals surface area contributed by atoms with Crippen LogP contribution in [0.3, 0.4) is 0 Å². The average Bonchev–Trinajstić information content (AvgIpc) is 1.96. The molecule has 0 amide bonds. The fourth-order valence-corrected chi connectivity index (χ4v) is 1.05. The van der Waals surface area contributed by atoms with E-state index in [1.807, 2.05) is 0 Å². The maximum absolute atomic E-state index is 12.5. The van der Waals surface area contributed by atoms with Crippen LogP contribution in [0.4, 0.5) is 13.2 Å². The molecule has 0 spiro atoms. The van der Waals surface area contributed by atoms with Crippen molar-refractivity contribution >= 4 is 11.1 Å². The largest absolute Gasteiger partial charge is 1.00 e. The van der Waals surface area contributed by atoms with Crippen molar-refractivity contribution in [2.24, 2.45) is 0 Å². The van der Waals surface area contributed by atoms with E-state index in [9.17, 15) is 21.9 Å². The molecule has 1 aromatic carbocycles. The van der Waals surface area contributed by atoms with Gasteiger partial charge in [-0.3, -0.25) is 4.21 Å². The summed E-state index contributed by atoms with van der Waals surface area (Å²) in [4.78, 5) is -0.881. The zero-order valence-electron chi connectivity index (χ0n) is 6.51. The molecule has 66 valence electrons. The summed E-state index contributed by atoms with van der Waals surface area (Å²) in [6, 6.07) is 0.467. The Balaban J connectivity index is 0.00000144. The van der Waals surface area contributed by atoms with Gasteiger partial charge in [-0.25, -0.2) is 13.2 Å². The Bertz CT molecular complexity index is 345. The van der Waals surface area contributed by atoms with Crippen LogP contribution in [0.25, 0.3) is 0 Å². The second kappa shape index (κ2) is 5.11. The maximum atomic E-state index is 12.5. The van der Waals surface area contributed by atoms with Crippen molar-refractivity contribution in [2.75, 3.05) is 0 Å². The van der Waals surface area contributed by atoms with Crippen molar-refractivity contribution in [1.82, 2.24) is 0 Å². The van der Waals surface area contributed by atoms with Crippen molar-refractivity contribution in [3.05, 3.63) is 29.6 Å². The van der Waals surface area contributed by atoms with Gasteiger partial charge in [0.05, 0.1) is 4.90 Å². The molecule has 1 unspecified atom stereocenters. The molecule has 1 atom stereocenters. The molecule has 1 rings (SSSR count). The topological polar surface area (TPSA) is 40.1 Å². The third kappa shape index (κ3) is 3.07. The molecule has 0 aliphatic carbocycles. The smallest absolute Gasteiger partial charge is 0.768 e. The minimum absolute atomic E-state index is 0. The molecule has 0 heterocycles. The van der Waals surface area contributed by atoms with E-state index in [4.69, 9.17) is 0 Å². The van der Waals surface area contributed by atoms with Crippen molar-refractivity contribution in [2.45, 2.75) is 4.90 Å². The minimum Gasteiger partial charge on any atom is -0.768 e. The SMILES string of the molecule is O=S([O-])c1cc(F)c(F)cc1F.[Na+]. The van der Waals surface area contributed by atoms with Crippen LogP contribution in [0.15, 0.2) is 17.0 Å². The van der Waals surface area contributed by atoms with Crippen LogP contribution in [-0.2, 0) is 11.1 Å². The van der Waals surface area contributed by atoms with Crippen LogP contribution in [-0.4, -0.2) is 8.76 Å². The third-order valence-corrected chi connectivity index (χ3v) is 1.83. The number of benzene rings is 1. The van der Waals surface area contributed by atoms with Crippen LogP contribution in [0.1, 0.15) is 0 Å². The average molecular weight is 218 g/mol. The van der Waals surface area contributed by atoms with Crippen molar-refractivity contribution in [1.29, 1.82) is 0 Å². The summed E-state index contributed by atoms with van der Waals surface area (Å²) in [5.74, 6) is -4.11. The molecule has 7 heteroatoms. The first-order chi connectivity index (χ1) is 5.52. The molecular weight excluding hydrogens is 216 g/mol. The monoisotopic (exact) mass is 218 g/mol. The Hall–Kier alpha value is 0.120. The first-order valence-corrected chi connectivity index (χ1v) is 3.83. The fraction of sp³-hybridized carbons (Fsp3) is 0.